The largest absolute Gasteiger partial charge is 0.292 e. The minimum atomic E-state index is -0.153. The van der Waals surface area contributed by atoms with Crippen molar-refractivity contribution in [3.05, 3.63) is 74.8 Å². The smallest absolute Gasteiger partial charge is 0.266 e. The minimum absolute atomic E-state index is 0.113. The van der Waals surface area contributed by atoms with E-state index in [0.717, 1.165) is 26.0 Å². The van der Waals surface area contributed by atoms with E-state index in [1.165, 1.54) is 16.7 Å². The van der Waals surface area contributed by atoms with E-state index in [9.17, 15) is 9.59 Å². The number of hydrogen-bond donors (Lipinski definition) is 0. The van der Waals surface area contributed by atoms with Crippen LogP contribution < -0.4 is 4.90 Å². The number of fused-ring (bicyclic) bond motifs is 2. The molecular weight excluding hydrogens is 500 g/mol. The number of rotatable bonds is 4. The highest BCUT2D eigenvalue weighted by Crippen LogP contribution is 2.49. The predicted octanol–water partition coefficient (Wildman–Crippen LogP) is 6.82. The Balaban J connectivity index is 1.37. The Morgan fingerprint density at radius 3 is 2.66 bits per heavy atom. The number of carbonyl (C=O) groups is 2. The van der Waals surface area contributed by atoms with Gasteiger partial charge in [-0.3, -0.25) is 19.4 Å². The molecule has 3 aromatic rings. The Bertz CT molecular complexity index is 1270. The second-order valence-electron chi connectivity index (χ2n) is 7.01. The van der Waals surface area contributed by atoms with Crippen LogP contribution in [0.3, 0.4) is 0 Å². The van der Waals surface area contributed by atoms with Crippen LogP contribution in [0.15, 0.2) is 74.7 Å². The molecule has 160 valence electrons. The van der Waals surface area contributed by atoms with Crippen molar-refractivity contribution in [3.63, 3.8) is 0 Å². The van der Waals surface area contributed by atoms with Gasteiger partial charge in [-0.15, -0.1) is 11.3 Å². The van der Waals surface area contributed by atoms with Crippen LogP contribution >= 0.6 is 58.7 Å². The molecular formula is C23H15ClN2O2S4. The summed E-state index contributed by atoms with van der Waals surface area (Å²) in [6, 6.07) is 17.2. The van der Waals surface area contributed by atoms with Gasteiger partial charge in [-0.05, 0) is 47.9 Å². The molecule has 2 aromatic carbocycles. The van der Waals surface area contributed by atoms with Crippen LogP contribution in [-0.2, 0) is 9.59 Å². The molecule has 0 spiro atoms. The van der Waals surface area contributed by atoms with Crippen LogP contribution in [0.1, 0.15) is 11.3 Å². The van der Waals surface area contributed by atoms with Gasteiger partial charge in [0.1, 0.15) is 4.32 Å². The molecule has 2 amide bonds. The maximum Gasteiger partial charge on any atom is 0.266 e. The number of para-hydroxylation sites is 1. The number of benzene rings is 2. The van der Waals surface area contributed by atoms with E-state index < -0.39 is 0 Å². The van der Waals surface area contributed by atoms with Crippen molar-refractivity contribution < 1.29 is 9.59 Å². The molecule has 1 aromatic heterocycles. The summed E-state index contributed by atoms with van der Waals surface area (Å²) in [6.45, 7) is 0.229. The summed E-state index contributed by atoms with van der Waals surface area (Å²) >= 11 is 16.1. The highest BCUT2D eigenvalue weighted by atomic mass is 35.5. The summed E-state index contributed by atoms with van der Waals surface area (Å²) in [4.78, 5) is 33.1. The Morgan fingerprint density at radius 2 is 1.84 bits per heavy atom. The van der Waals surface area contributed by atoms with Gasteiger partial charge in [0.2, 0.25) is 5.91 Å². The zero-order valence-corrected chi connectivity index (χ0v) is 20.5. The number of anilines is 2. The lowest BCUT2D eigenvalue weighted by Crippen LogP contribution is -2.35. The van der Waals surface area contributed by atoms with Crippen LogP contribution in [0.25, 0.3) is 6.08 Å². The van der Waals surface area contributed by atoms with Crippen LogP contribution in [0, 0.1) is 0 Å². The zero-order valence-electron chi connectivity index (χ0n) is 16.5. The maximum atomic E-state index is 13.4. The first-order valence-corrected chi connectivity index (χ1v) is 13.0. The van der Waals surface area contributed by atoms with Gasteiger partial charge >= 0.3 is 0 Å². The molecule has 2 aliphatic rings. The average Bonchev–Trinajstić information content (AvgIpc) is 3.38. The van der Waals surface area contributed by atoms with Gasteiger partial charge in [-0.25, -0.2) is 0 Å². The Hall–Kier alpha value is -2.10. The highest BCUT2D eigenvalue weighted by Gasteiger charge is 2.34. The molecule has 9 heteroatoms. The van der Waals surface area contributed by atoms with E-state index in [4.69, 9.17) is 23.8 Å². The molecule has 0 atom stereocenters. The second-order valence-corrected chi connectivity index (χ2v) is 11.2. The average molecular weight is 515 g/mol. The highest BCUT2D eigenvalue weighted by molar-refractivity contribution is 8.26. The van der Waals surface area contributed by atoms with Crippen LogP contribution in [0.4, 0.5) is 11.4 Å². The first kappa shape index (κ1) is 21.7. The number of thiophene rings is 1. The quantitative estimate of drug-likeness (QED) is 0.282. The number of hydrogen-bond acceptors (Lipinski definition) is 6. The number of carbonyl (C=O) groups excluding carboxylic acids is 2. The van der Waals surface area contributed by atoms with Gasteiger partial charge in [0.15, 0.2) is 0 Å². The third-order valence-electron chi connectivity index (χ3n) is 4.98. The summed E-state index contributed by atoms with van der Waals surface area (Å²) in [5.41, 5.74) is 1.58. The van der Waals surface area contributed by atoms with Gasteiger partial charge in [-0.1, -0.05) is 65.5 Å². The molecule has 0 bridgehead atoms. The van der Waals surface area contributed by atoms with E-state index >= 15 is 0 Å². The number of thiocarbonyl (C=S) groups is 1. The summed E-state index contributed by atoms with van der Waals surface area (Å²) in [6.07, 6.45) is 1.99. The summed E-state index contributed by atoms with van der Waals surface area (Å²) in [7, 11) is 0. The van der Waals surface area contributed by atoms with Gasteiger partial charge in [0.25, 0.3) is 5.91 Å². The third-order valence-corrected chi connectivity index (χ3v) is 8.54. The molecule has 4 nitrogen and oxygen atoms in total. The molecule has 5 rings (SSSR count). The van der Waals surface area contributed by atoms with Gasteiger partial charge in [0.05, 0.1) is 16.3 Å². The van der Waals surface area contributed by atoms with E-state index in [0.29, 0.717) is 14.2 Å². The van der Waals surface area contributed by atoms with Gasteiger partial charge in [0, 0.05) is 32.7 Å². The molecule has 0 unspecified atom stereocenters. The van der Waals surface area contributed by atoms with Crippen molar-refractivity contribution in [2.75, 3.05) is 11.4 Å². The van der Waals surface area contributed by atoms with Gasteiger partial charge < -0.3 is 0 Å². The van der Waals surface area contributed by atoms with Crippen molar-refractivity contribution in [1.82, 2.24) is 4.90 Å². The van der Waals surface area contributed by atoms with Crippen LogP contribution in [0.2, 0.25) is 5.02 Å². The van der Waals surface area contributed by atoms with Crippen molar-refractivity contribution in [1.29, 1.82) is 0 Å². The number of halogens is 1. The molecule has 3 heterocycles. The van der Waals surface area contributed by atoms with Crippen LogP contribution in [-0.4, -0.2) is 27.6 Å². The molecule has 0 N–H and O–H groups in total. The first-order valence-electron chi connectivity index (χ1n) is 9.69. The number of thioether (sulfide) groups is 1. The van der Waals surface area contributed by atoms with E-state index in [1.54, 1.807) is 34.1 Å². The lowest BCUT2D eigenvalue weighted by atomic mass is 10.2. The Labute approximate surface area is 208 Å². The topological polar surface area (TPSA) is 40.6 Å². The minimum Gasteiger partial charge on any atom is -0.292 e. The fourth-order valence-electron chi connectivity index (χ4n) is 3.51. The summed E-state index contributed by atoms with van der Waals surface area (Å²) in [5, 5.41) is 2.53. The summed E-state index contributed by atoms with van der Waals surface area (Å²) in [5.74, 6) is -0.267. The molecule has 1 saturated heterocycles. The molecule has 0 saturated carbocycles. The second kappa shape index (κ2) is 9.03. The number of nitrogens with zero attached hydrogens (tertiary/aromatic N) is 2. The van der Waals surface area contributed by atoms with Crippen molar-refractivity contribution in [2.45, 2.75) is 16.2 Å². The summed E-state index contributed by atoms with van der Waals surface area (Å²) < 4.78 is 0.476. The van der Waals surface area contributed by atoms with Crippen LogP contribution in [0.5, 0.6) is 0 Å². The fourth-order valence-corrected chi connectivity index (χ4v) is 6.75. The Morgan fingerprint density at radius 1 is 1.03 bits per heavy atom. The number of amides is 2. The molecule has 0 aliphatic carbocycles. The third kappa shape index (κ3) is 4.13. The van der Waals surface area contributed by atoms with Crippen molar-refractivity contribution in [3.8, 4) is 0 Å². The van der Waals surface area contributed by atoms with Crippen molar-refractivity contribution >= 4 is 92.3 Å². The SMILES string of the molecule is O=C1/C(=C\c2cccs2)SC(=S)N1CCC(=O)N1c2ccccc2Sc2ccc(Cl)cc21. The molecule has 2 aliphatic heterocycles. The Kier molecular flexibility index (Phi) is 6.14. The zero-order chi connectivity index (χ0) is 22.2. The standard InChI is InChI=1S/C23H15ClN2O2S4/c24-14-7-8-19-17(12-14)26(16-5-1-2-6-18(16)31-19)21(27)9-10-25-22(28)20(32-23(25)29)13-15-4-3-11-30-15/h1-8,11-13H,9-10H2/b20-13+. The van der Waals surface area contributed by atoms with E-state index in [2.05, 4.69) is 0 Å². The fraction of sp³-hybridized carbons (Fsp3) is 0.0870. The van der Waals surface area contributed by atoms with E-state index in [1.807, 2.05) is 60.0 Å². The lowest BCUT2D eigenvalue weighted by Gasteiger charge is -2.31. The normalized spacial score (nSPS) is 16.5. The monoisotopic (exact) mass is 514 g/mol. The molecule has 32 heavy (non-hydrogen) atoms. The molecule has 1 fully saturated rings. The first-order chi connectivity index (χ1) is 15.5. The van der Waals surface area contributed by atoms with Crippen molar-refractivity contribution in [2.24, 2.45) is 0 Å². The molecule has 0 radical (unpaired) electrons. The van der Waals surface area contributed by atoms with Gasteiger partial charge in [-0.2, -0.15) is 0 Å². The lowest BCUT2D eigenvalue weighted by molar-refractivity contribution is -0.123. The maximum absolute atomic E-state index is 13.4. The van der Waals surface area contributed by atoms with E-state index in [-0.39, 0.29) is 24.8 Å². The predicted molar refractivity (Wildman–Crippen MR) is 138 cm³/mol.